The van der Waals surface area contributed by atoms with Crippen molar-refractivity contribution in [3.05, 3.63) is 29.8 Å². The Morgan fingerprint density at radius 2 is 1.83 bits per heavy atom. The zero-order valence-electron chi connectivity index (χ0n) is 21.6. The van der Waals surface area contributed by atoms with E-state index in [1.807, 2.05) is 6.26 Å². The molecule has 1 aliphatic rings. The maximum atomic E-state index is 13.9. The van der Waals surface area contributed by atoms with E-state index < -0.39 is 23.8 Å². The van der Waals surface area contributed by atoms with Crippen LogP contribution in [0.3, 0.4) is 0 Å². The van der Waals surface area contributed by atoms with Gasteiger partial charge in [-0.1, -0.05) is 31.9 Å². The minimum Gasteiger partial charge on any atom is -0.508 e. The van der Waals surface area contributed by atoms with Crippen LogP contribution in [0.25, 0.3) is 0 Å². The van der Waals surface area contributed by atoms with Gasteiger partial charge >= 0.3 is 6.09 Å². The third-order valence-electron chi connectivity index (χ3n) is 5.61. The molecule has 1 aromatic carbocycles. The van der Waals surface area contributed by atoms with Gasteiger partial charge in [0.1, 0.15) is 23.4 Å². The second-order valence-corrected chi connectivity index (χ2v) is 10.9. The molecule has 1 aromatic rings. The van der Waals surface area contributed by atoms with E-state index in [-0.39, 0.29) is 23.6 Å². The Balaban J connectivity index is 2.34. The monoisotopic (exact) mass is 507 g/mol. The van der Waals surface area contributed by atoms with Crippen molar-refractivity contribution >= 4 is 29.7 Å². The lowest BCUT2D eigenvalue weighted by molar-refractivity contribution is -0.143. The Hall–Kier alpha value is -2.42. The maximum absolute atomic E-state index is 13.9. The Bertz CT molecular complexity index is 836. The molecule has 2 atom stereocenters. The first-order valence-electron chi connectivity index (χ1n) is 12.4. The quantitative estimate of drug-likeness (QED) is 0.342. The largest absolute Gasteiger partial charge is 0.508 e. The number of unbranched alkanes of at least 4 members (excludes halogenated alkanes) is 2. The molecule has 0 saturated heterocycles. The SMILES string of the molecule is CCCCCNC(=O)C(c1ccc(O)cc1)N(C(=O)C(CCSC)NC(=O)OC(C)(C)C)C1CC1. The number of phenolic OH excluding ortho intramolecular Hbond substituents is 1. The van der Waals surface area contributed by atoms with Crippen LogP contribution >= 0.6 is 11.8 Å². The molecule has 3 amide bonds. The summed E-state index contributed by atoms with van der Waals surface area (Å²) in [6.45, 7) is 7.93. The molecule has 1 fully saturated rings. The van der Waals surface area contributed by atoms with Crippen molar-refractivity contribution in [2.45, 2.75) is 89.9 Å². The van der Waals surface area contributed by atoms with Crippen LogP contribution in [0, 0.1) is 0 Å². The molecule has 0 bridgehead atoms. The standard InChI is InChI=1S/C26H41N3O5S/c1-6-7-8-16-27-23(31)22(18-9-13-20(30)14-10-18)29(19-11-12-19)24(32)21(15-17-35-5)28-25(33)34-26(2,3)4/h9-10,13-14,19,21-22,30H,6-8,11-12,15-17H2,1-5H3,(H,27,31)(H,28,33). The van der Waals surface area contributed by atoms with E-state index in [4.69, 9.17) is 4.74 Å². The summed E-state index contributed by atoms with van der Waals surface area (Å²) in [5.41, 5.74) is -0.0720. The van der Waals surface area contributed by atoms with E-state index in [1.165, 1.54) is 12.1 Å². The molecule has 35 heavy (non-hydrogen) atoms. The fourth-order valence-corrected chi connectivity index (χ4v) is 4.24. The minimum absolute atomic E-state index is 0.0834. The Kier molecular flexibility index (Phi) is 11.2. The van der Waals surface area contributed by atoms with Crippen LogP contribution in [0.15, 0.2) is 24.3 Å². The van der Waals surface area contributed by atoms with Gasteiger partial charge in [-0.2, -0.15) is 11.8 Å². The van der Waals surface area contributed by atoms with Gasteiger partial charge in [-0.3, -0.25) is 9.59 Å². The molecule has 1 aliphatic carbocycles. The number of hydrogen-bond acceptors (Lipinski definition) is 6. The molecular weight excluding hydrogens is 466 g/mol. The van der Waals surface area contributed by atoms with Crippen LogP contribution in [0.1, 0.15) is 77.8 Å². The predicted molar refractivity (Wildman–Crippen MR) is 139 cm³/mol. The lowest BCUT2D eigenvalue weighted by Crippen LogP contribution is -2.54. The minimum atomic E-state index is -0.852. The fourth-order valence-electron chi connectivity index (χ4n) is 3.77. The predicted octanol–water partition coefficient (Wildman–Crippen LogP) is 4.38. The molecule has 196 valence electrons. The average Bonchev–Trinajstić information content (AvgIpc) is 3.62. The number of rotatable bonds is 13. The molecule has 2 rings (SSSR count). The number of nitrogens with zero attached hydrogens (tertiary/aromatic N) is 1. The molecule has 1 saturated carbocycles. The second-order valence-electron chi connectivity index (χ2n) is 9.95. The number of thioether (sulfide) groups is 1. The maximum Gasteiger partial charge on any atom is 0.408 e. The Morgan fingerprint density at radius 1 is 1.17 bits per heavy atom. The van der Waals surface area contributed by atoms with E-state index in [9.17, 15) is 19.5 Å². The van der Waals surface area contributed by atoms with Crippen LogP contribution in [0.2, 0.25) is 0 Å². The summed E-state index contributed by atoms with van der Waals surface area (Å²) in [6.07, 6.45) is 6.20. The summed E-state index contributed by atoms with van der Waals surface area (Å²) in [5, 5.41) is 15.5. The van der Waals surface area contributed by atoms with Crippen molar-refractivity contribution in [2.75, 3.05) is 18.6 Å². The first-order chi connectivity index (χ1) is 16.6. The van der Waals surface area contributed by atoms with Crippen LogP contribution in [0.5, 0.6) is 5.75 Å². The van der Waals surface area contributed by atoms with Crippen molar-refractivity contribution in [2.24, 2.45) is 0 Å². The van der Waals surface area contributed by atoms with E-state index in [2.05, 4.69) is 17.6 Å². The smallest absolute Gasteiger partial charge is 0.408 e. The van der Waals surface area contributed by atoms with Crippen molar-refractivity contribution in [1.82, 2.24) is 15.5 Å². The summed E-state index contributed by atoms with van der Waals surface area (Å²) in [5.74, 6) is 0.198. The zero-order chi connectivity index (χ0) is 26.0. The normalized spacial score (nSPS) is 15.1. The summed E-state index contributed by atoms with van der Waals surface area (Å²) in [6, 6.07) is 4.64. The molecular formula is C26H41N3O5S. The van der Waals surface area contributed by atoms with Crippen molar-refractivity contribution < 1.29 is 24.2 Å². The van der Waals surface area contributed by atoms with Gasteiger partial charge in [0.2, 0.25) is 11.8 Å². The molecule has 0 aromatic heterocycles. The van der Waals surface area contributed by atoms with Crippen molar-refractivity contribution in [3.8, 4) is 5.75 Å². The van der Waals surface area contributed by atoms with Crippen molar-refractivity contribution in [1.29, 1.82) is 0 Å². The average molecular weight is 508 g/mol. The van der Waals surface area contributed by atoms with E-state index in [0.717, 1.165) is 32.1 Å². The third kappa shape index (κ3) is 9.63. The number of nitrogens with one attached hydrogen (secondary N) is 2. The number of carbonyl (C=O) groups is 3. The van der Waals surface area contributed by atoms with Gasteiger partial charge in [0.15, 0.2) is 0 Å². The number of ether oxygens (including phenoxy) is 1. The number of hydrogen-bond donors (Lipinski definition) is 3. The summed E-state index contributed by atoms with van der Waals surface area (Å²) >= 11 is 1.58. The van der Waals surface area contributed by atoms with E-state index >= 15 is 0 Å². The van der Waals surface area contributed by atoms with Gasteiger partial charge in [0.25, 0.3) is 0 Å². The first kappa shape index (κ1) is 28.8. The van der Waals surface area contributed by atoms with E-state index in [1.54, 1.807) is 49.6 Å². The highest BCUT2D eigenvalue weighted by Crippen LogP contribution is 2.36. The number of alkyl carbamates (subject to hydrolysis) is 1. The highest BCUT2D eigenvalue weighted by atomic mass is 32.2. The number of amides is 3. The van der Waals surface area contributed by atoms with Gasteiger partial charge in [-0.25, -0.2) is 4.79 Å². The molecule has 3 N–H and O–H groups in total. The van der Waals surface area contributed by atoms with Gasteiger partial charge in [-0.15, -0.1) is 0 Å². The van der Waals surface area contributed by atoms with Crippen LogP contribution < -0.4 is 10.6 Å². The highest BCUT2D eigenvalue weighted by molar-refractivity contribution is 7.98. The number of carbonyl (C=O) groups excluding carboxylic acids is 3. The summed E-state index contributed by atoms with van der Waals surface area (Å²) in [4.78, 5) is 41.5. The summed E-state index contributed by atoms with van der Waals surface area (Å²) in [7, 11) is 0. The third-order valence-corrected chi connectivity index (χ3v) is 6.25. The number of benzene rings is 1. The lowest BCUT2D eigenvalue weighted by atomic mass is 10.0. The van der Waals surface area contributed by atoms with Crippen LogP contribution in [-0.2, 0) is 14.3 Å². The van der Waals surface area contributed by atoms with Gasteiger partial charge in [-0.05, 0) is 76.2 Å². The number of aromatic hydroxyl groups is 1. The first-order valence-corrected chi connectivity index (χ1v) is 13.8. The zero-order valence-corrected chi connectivity index (χ0v) is 22.5. The summed E-state index contributed by atoms with van der Waals surface area (Å²) < 4.78 is 5.40. The molecule has 0 heterocycles. The van der Waals surface area contributed by atoms with E-state index in [0.29, 0.717) is 24.3 Å². The Labute approximate surface area is 213 Å². The highest BCUT2D eigenvalue weighted by Gasteiger charge is 2.43. The van der Waals surface area contributed by atoms with Gasteiger partial charge in [0.05, 0.1) is 0 Å². The molecule has 0 spiro atoms. The van der Waals surface area contributed by atoms with Crippen LogP contribution in [-0.4, -0.2) is 64.2 Å². The van der Waals surface area contributed by atoms with Gasteiger partial charge < -0.3 is 25.4 Å². The van der Waals surface area contributed by atoms with Crippen molar-refractivity contribution in [3.63, 3.8) is 0 Å². The van der Waals surface area contributed by atoms with Gasteiger partial charge in [0, 0.05) is 12.6 Å². The topological polar surface area (TPSA) is 108 Å². The second kappa shape index (κ2) is 13.6. The van der Waals surface area contributed by atoms with Crippen LogP contribution in [0.4, 0.5) is 4.79 Å². The molecule has 0 aliphatic heterocycles. The Morgan fingerprint density at radius 3 is 2.37 bits per heavy atom. The lowest BCUT2D eigenvalue weighted by Gasteiger charge is -2.34. The fraction of sp³-hybridized carbons (Fsp3) is 0.654. The molecule has 2 unspecified atom stereocenters. The molecule has 0 radical (unpaired) electrons. The molecule has 8 nitrogen and oxygen atoms in total. The molecule has 9 heteroatoms. The number of phenols is 1.